The Kier molecular flexibility index (Phi) is 14.2. The molecule has 3 fully saturated rings. The quantitative estimate of drug-likeness (QED) is 0.486. The molecule has 192 valence electrons. The van der Waals surface area contributed by atoms with Crippen LogP contribution in [-0.2, 0) is 24.0 Å². The Bertz CT molecular complexity index is 583. The van der Waals surface area contributed by atoms with Crippen LogP contribution in [0.1, 0.15) is 60.8 Å². The van der Waals surface area contributed by atoms with Crippen LogP contribution >= 0.6 is 23.5 Å². The highest BCUT2D eigenvalue weighted by Crippen LogP contribution is 2.34. The number of methoxy groups -OCH3 is 3. The predicted octanol–water partition coefficient (Wildman–Crippen LogP) is 5.17. The molecule has 3 heterocycles. The minimum absolute atomic E-state index is 0.0880. The molecule has 3 aliphatic rings. The smallest absolute Gasteiger partial charge is 0.156 e. The molecule has 0 bridgehead atoms. The molecule has 32 heavy (non-hydrogen) atoms. The van der Waals surface area contributed by atoms with Gasteiger partial charge in [-0.15, -0.1) is 0 Å². The first-order valence-electron chi connectivity index (χ1n) is 12.0. The zero-order valence-corrected chi connectivity index (χ0v) is 24.2. The van der Waals surface area contributed by atoms with E-state index in [0.717, 1.165) is 22.3 Å². The van der Waals surface area contributed by atoms with Gasteiger partial charge in [-0.2, -0.15) is 23.5 Å². The van der Waals surface area contributed by atoms with Crippen molar-refractivity contribution < 1.29 is 22.6 Å². The molecule has 0 amide bonds. The van der Waals surface area contributed by atoms with Crippen LogP contribution in [0.4, 0.5) is 0 Å². The summed E-state index contributed by atoms with van der Waals surface area (Å²) in [4.78, 5) is 0. The fourth-order valence-electron chi connectivity index (χ4n) is 4.84. The molecule has 0 aromatic rings. The summed E-state index contributed by atoms with van der Waals surface area (Å²) in [5.41, 5.74) is 0. The number of rotatable bonds is 6. The number of hydrogen-bond donors (Lipinski definition) is 0. The van der Waals surface area contributed by atoms with E-state index >= 15 is 0 Å². The number of ether oxygens (including phenoxy) is 3. The van der Waals surface area contributed by atoms with Gasteiger partial charge in [-0.1, -0.05) is 41.5 Å². The third-order valence-corrected chi connectivity index (χ3v) is 12.4. The molecule has 0 saturated carbocycles. The monoisotopic (exact) mass is 512 g/mol. The molecule has 3 rings (SSSR count). The Morgan fingerprint density at radius 1 is 0.656 bits per heavy atom. The van der Waals surface area contributed by atoms with E-state index in [1.807, 2.05) is 28.1 Å². The molecule has 0 aromatic heterocycles. The Balaban J connectivity index is 0.000000241. The van der Waals surface area contributed by atoms with Gasteiger partial charge in [0.1, 0.15) is 0 Å². The summed E-state index contributed by atoms with van der Waals surface area (Å²) in [5.74, 6) is 4.52. The van der Waals surface area contributed by atoms with Gasteiger partial charge >= 0.3 is 0 Å². The summed E-state index contributed by atoms with van der Waals surface area (Å²) in [5, 5.41) is 1.19. The lowest BCUT2D eigenvalue weighted by Gasteiger charge is -2.20. The van der Waals surface area contributed by atoms with Gasteiger partial charge in [0.2, 0.25) is 0 Å². The van der Waals surface area contributed by atoms with Gasteiger partial charge in [-0.25, -0.2) is 8.42 Å². The van der Waals surface area contributed by atoms with Gasteiger partial charge in [0.25, 0.3) is 0 Å². The third-order valence-electron chi connectivity index (χ3n) is 6.51. The normalized spacial score (nSPS) is 33.9. The zero-order valence-electron chi connectivity index (χ0n) is 21.7. The minimum Gasteiger partial charge on any atom is -0.380 e. The predicted molar refractivity (Wildman–Crippen MR) is 141 cm³/mol. The molecule has 0 radical (unpaired) electrons. The average molecular weight is 513 g/mol. The second-order valence-electron chi connectivity index (χ2n) is 9.92. The van der Waals surface area contributed by atoms with Gasteiger partial charge in [0.05, 0.1) is 29.3 Å². The molecule has 0 unspecified atom stereocenters. The highest BCUT2D eigenvalue weighted by atomic mass is 32.2. The van der Waals surface area contributed by atoms with E-state index in [2.05, 4.69) is 51.2 Å². The van der Waals surface area contributed by atoms with Crippen LogP contribution in [0.3, 0.4) is 0 Å². The maximum atomic E-state index is 11.5. The van der Waals surface area contributed by atoms with E-state index < -0.39 is 9.84 Å². The molecule has 3 saturated heterocycles. The summed E-state index contributed by atoms with van der Waals surface area (Å²) >= 11 is 4.12. The van der Waals surface area contributed by atoms with Crippen molar-refractivity contribution in [1.29, 1.82) is 0 Å². The summed E-state index contributed by atoms with van der Waals surface area (Å²) in [6, 6.07) is 0. The molecular weight excluding hydrogens is 464 g/mol. The van der Waals surface area contributed by atoms with Gasteiger partial charge < -0.3 is 14.2 Å². The molecule has 3 aliphatic heterocycles. The van der Waals surface area contributed by atoms with E-state index in [4.69, 9.17) is 14.2 Å². The Morgan fingerprint density at radius 2 is 1.06 bits per heavy atom. The molecule has 0 aromatic carbocycles. The molecule has 0 aliphatic carbocycles. The molecular formula is C24H48O5S3. The van der Waals surface area contributed by atoms with Crippen LogP contribution in [0.2, 0.25) is 0 Å². The first-order chi connectivity index (χ1) is 15.0. The van der Waals surface area contributed by atoms with E-state index in [0.29, 0.717) is 18.6 Å². The molecule has 0 N–H and O–H groups in total. The lowest BCUT2D eigenvalue weighted by molar-refractivity contribution is 0.0929. The largest absolute Gasteiger partial charge is 0.380 e. The van der Waals surface area contributed by atoms with Crippen molar-refractivity contribution in [2.24, 2.45) is 17.8 Å². The van der Waals surface area contributed by atoms with Crippen LogP contribution in [-0.4, -0.2) is 81.1 Å². The van der Waals surface area contributed by atoms with Crippen LogP contribution in [0.5, 0.6) is 0 Å². The zero-order chi connectivity index (χ0) is 24.5. The second kappa shape index (κ2) is 14.8. The summed E-state index contributed by atoms with van der Waals surface area (Å²) in [6.45, 7) is 13.0. The third kappa shape index (κ3) is 8.95. The number of sulfone groups is 1. The summed E-state index contributed by atoms with van der Waals surface area (Å²) in [7, 11) is 2.36. The van der Waals surface area contributed by atoms with Crippen LogP contribution in [0.15, 0.2) is 0 Å². The second-order valence-corrected chi connectivity index (χ2v) is 14.8. The van der Waals surface area contributed by atoms with Crippen molar-refractivity contribution in [2.75, 3.05) is 38.6 Å². The highest BCUT2D eigenvalue weighted by Gasteiger charge is 2.42. The van der Waals surface area contributed by atoms with Crippen molar-refractivity contribution in [3.05, 3.63) is 0 Å². The number of thioether (sulfide) groups is 2. The lowest BCUT2D eigenvalue weighted by Crippen LogP contribution is -2.32. The van der Waals surface area contributed by atoms with E-state index in [1.54, 1.807) is 7.11 Å². The molecule has 5 nitrogen and oxygen atoms in total. The summed E-state index contributed by atoms with van der Waals surface area (Å²) < 4.78 is 38.9. The van der Waals surface area contributed by atoms with E-state index in [9.17, 15) is 8.42 Å². The lowest BCUT2D eigenvalue weighted by atomic mass is 10.0. The maximum Gasteiger partial charge on any atom is 0.156 e. The fraction of sp³-hybridized carbons (Fsp3) is 1.00. The van der Waals surface area contributed by atoms with Gasteiger partial charge in [-0.3, -0.25) is 0 Å². The Morgan fingerprint density at radius 3 is 1.31 bits per heavy atom. The van der Waals surface area contributed by atoms with E-state index in [-0.39, 0.29) is 23.0 Å². The van der Waals surface area contributed by atoms with Crippen LogP contribution in [0, 0.1) is 17.8 Å². The average Bonchev–Trinajstić information content (AvgIpc) is 3.45. The van der Waals surface area contributed by atoms with Crippen molar-refractivity contribution in [2.45, 2.75) is 94.9 Å². The van der Waals surface area contributed by atoms with Crippen LogP contribution < -0.4 is 0 Å². The molecule has 0 spiro atoms. The van der Waals surface area contributed by atoms with Gasteiger partial charge in [0, 0.05) is 31.8 Å². The first kappa shape index (κ1) is 30.6. The standard InChI is InChI=1S/C8H16O3S.2C8H16OS/c1-6(2)8-7(11-3)4-5-12(8,9)10;2*1-6(2)8-7(9-3)4-5-10-8/h6-8H,4-5H2,1-3H3;2*6-8H,4-5H2,1-3H3/t3*7-,8-/m010/s1. The maximum absolute atomic E-state index is 11.5. The summed E-state index contributed by atoms with van der Waals surface area (Å²) in [6.07, 6.45) is 4.08. The van der Waals surface area contributed by atoms with Crippen LogP contribution in [0.25, 0.3) is 0 Å². The molecule has 6 atom stereocenters. The van der Waals surface area contributed by atoms with Gasteiger partial charge in [0.15, 0.2) is 9.84 Å². The Labute approximate surface area is 206 Å². The molecule has 8 heteroatoms. The van der Waals surface area contributed by atoms with Gasteiger partial charge in [-0.05, 0) is 48.5 Å². The first-order valence-corrected chi connectivity index (χ1v) is 15.8. The van der Waals surface area contributed by atoms with Crippen molar-refractivity contribution in [1.82, 2.24) is 0 Å². The topological polar surface area (TPSA) is 61.8 Å². The van der Waals surface area contributed by atoms with Crippen molar-refractivity contribution >= 4 is 33.4 Å². The highest BCUT2D eigenvalue weighted by molar-refractivity contribution is 8.00. The van der Waals surface area contributed by atoms with Crippen molar-refractivity contribution in [3.8, 4) is 0 Å². The minimum atomic E-state index is -2.87. The fourth-order valence-corrected chi connectivity index (χ4v) is 10.2. The van der Waals surface area contributed by atoms with Crippen molar-refractivity contribution in [3.63, 3.8) is 0 Å². The SMILES string of the molecule is CO[C@@H]1CCS[C@@H]1C(C)C.CO[C@H]1CCS(=O)(=O)[C@H]1C(C)C.CO[C@H]1CCS[C@H]1C(C)C. The van der Waals surface area contributed by atoms with E-state index in [1.165, 1.54) is 24.3 Å². The Hall–Kier alpha value is 0.530. The number of hydrogen-bond acceptors (Lipinski definition) is 7.